The first-order valence-electron chi connectivity index (χ1n) is 6.59. The van der Waals surface area contributed by atoms with Gasteiger partial charge in [-0.05, 0) is 31.0 Å². The van der Waals surface area contributed by atoms with E-state index in [4.69, 9.17) is 21.1 Å². The quantitative estimate of drug-likeness (QED) is 0.875. The zero-order valence-corrected chi connectivity index (χ0v) is 13.1. The highest BCUT2D eigenvalue weighted by Gasteiger charge is 2.19. The highest BCUT2D eigenvalue weighted by molar-refractivity contribution is 7.99. The van der Waals surface area contributed by atoms with E-state index in [1.165, 1.54) is 0 Å². The summed E-state index contributed by atoms with van der Waals surface area (Å²) in [6.07, 6.45) is 0.945. The molecule has 1 heterocycles. The van der Waals surface area contributed by atoms with Gasteiger partial charge in [0, 0.05) is 12.3 Å². The molecule has 1 aliphatic heterocycles. The number of benzene rings is 1. The molecular formula is C14H18ClNO3S. The molecule has 0 bridgehead atoms. The van der Waals surface area contributed by atoms with Gasteiger partial charge in [-0.2, -0.15) is 0 Å². The smallest absolute Gasteiger partial charge is 0.232 e. The lowest BCUT2D eigenvalue weighted by atomic mass is 10.2. The van der Waals surface area contributed by atoms with Crippen molar-refractivity contribution in [2.24, 2.45) is 0 Å². The van der Waals surface area contributed by atoms with Crippen molar-refractivity contribution in [2.75, 3.05) is 13.3 Å². The van der Waals surface area contributed by atoms with Crippen molar-refractivity contribution in [3.05, 3.63) is 22.7 Å². The maximum atomic E-state index is 11.8. The lowest BCUT2D eigenvalue weighted by molar-refractivity contribution is -0.120. The number of rotatable bonds is 6. The number of hydrogen-bond donors (Lipinski definition) is 1. The third-order valence-electron chi connectivity index (χ3n) is 2.91. The predicted octanol–water partition coefficient (Wildman–Crippen LogP) is 3.22. The van der Waals surface area contributed by atoms with Gasteiger partial charge in [0.1, 0.15) is 0 Å². The van der Waals surface area contributed by atoms with Gasteiger partial charge < -0.3 is 14.8 Å². The molecule has 0 radical (unpaired) electrons. The van der Waals surface area contributed by atoms with Crippen molar-refractivity contribution in [2.45, 2.75) is 31.3 Å². The molecule has 0 aromatic heterocycles. The van der Waals surface area contributed by atoms with Crippen molar-refractivity contribution in [3.8, 4) is 11.5 Å². The van der Waals surface area contributed by atoms with Crippen LogP contribution < -0.4 is 14.8 Å². The largest absolute Gasteiger partial charge is 0.454 e. The molecule has 1 N–H and O–H groups in total. The van der Waals surface area contributed by atoms with Crippen molar-refractivity contribution in [3.63, 3.8) is 0 Å². The summed E-state index contributed by atoms with van der Waals surface area (Å²) in [7, 11) is 0. The molecule has 0 spiro atoms. The predicted molar refractivity (Wildman–Crippen MR) is 81.6 cm³/mol. The van der Waals surface area contributed by atoms with Crippen molar-refractivity contribution >= 4 is 29.3 Å². The molecule has 6 heteroatoms. The van der Waals surface area contributed by atoms with Gasteiger partial charge in [0.2, 0.25) is 12.7 Å². The maximum absolute atomic E-state index is 11.8. The first-order valence-corrected chi connectivity index (χ1v) is 8.01. The molecule has 1 aromatic carbocycles. The van der Waals surface area contributed by atoms with E-state index in [2.05, 4.69) is 5.32 Å². The van der Waals surface area contributed by atoms with Crippen LogP contribution in [0.2, 0.25) is 5.02 Å². The molecule has 0 saturated carbocycles. The number of thioether (sulfide) groups is 1. The van der Waals surface area contributed by atoms with Crippen molar-refractivity contribution in [1.29, 1.82) is 0 Å². The minimum Gasteiger partial charge on any atom is -0.454 e. The number of amides is 1. The summed E-state index contributed by atoms with van der Waals surface area (Å²) in [5, 5.41) is 3.35. The van der Waals surface area contributed by atoms with Crippen LogP contribution in [0.25, 0.3) is 0 Å². The Labute approximate surface area is 128 Å². The Morgan fingerprint density at radius 2 is 2.30 bits per heavy atom. The number of halogens is 1. The number of fused-ring (bicyclic) bond motifs is 1. The van der Waals surface area contributed by atoms with Gasteiger partial charge in [0.25, 0.3) is 0 Å². The lowest BCUT2D eigenvalue weighted by Crippen LogP contribution is -2.31. The van der Waals surface area contributed by atoms with Gasteiger partial charge in [0.05, 0.1) is 10.3 Å². The molecule has 0 saturated heterocycles. The lowest BCUT2D eigenvalue weighted by Gasteiger charge is -2.12. The molecule has 1 atom stereocenters. The van der Waals surface area contributed by atoms with Crippen LogP contribution in [0.1, 0.15) is 25.8 Å². The Hall–Kier alpha value is -1.07. The summed E-state index contributed by atoms with van der Waals surface area (Å²) in [5.74, 6) is 2.06. The Kier molecular flexibility index (Phi) is 5.43. The van der Waals surface area contributed by atoms with E-state index in [-0.39, 0.29) is 18.0 Å². The van der Waals surface area contributed by atoms with Crippen LogP contribution in [-0.4, -0.2) is 24.5 Å². The fourth-order valence-corrected chi connectivity index (χ4v) is 2.92. The fourth-order valence-electron chi connectivity index (χ4n) is 1.79. The van der Waals surface area contributed by atoms with Crippen LogP contribution in [0, 0.1) is 0 Å². The van der Waals surface area contributed by atoms with Crippen LogP contribution in [0.5, 0.6) is 11.5 Å². The van der Waals surface area contributed by atoms with Crippen LogP contribution in [0.3, 0.4) is 0 Å². The molecule has 1 amide bonds. The minimum atomic E-state index is -0.0919. The van der Waals surface area contributed by atoms with Crippen LogP contribution in [0.4, 0.5) is 0 Å². The monoisotopic (exact) mass is 315 g/mol. The summed E-state index contributed by atoms with van der Waals surface area (Å²) in [5.41, 5.74) is 1.03. The number of carbonyl (C=O) groups is 1. The summed E-state index contributed by atoms with van der Waals surface area (Å²) >= 11 is 7.70. The number of carbonyl (C=O) groups excluding carboxylic acids is 1. The molecule has 1 aromatic rings. The van der Waals surface area contributed by atoms with E-state index in [0.29, 0.717) is 22.3 Å². The van der Waals surface area contributed by atoms with Crippen LogP contribution >= 0.6 is 23.4 Å². The summed E-state index contributed by atoms with van der Waals surface area (Å²) < 4.78 is 10.6. The second-order valence-corrected chi connectivity index (χ2v) is 6.29. The maximum Gasteiger partial charge on any atom is 0.232 e. The summed E-state index contributed by atoms with van der Waals surface area (Å²) in [4.78, 5) is 11.8. The Balaban J connectivity index is 1.91. The molecule has 0 fully saturated rings. The highest BCUT2D eigenvalue weighted by atomic mass is 35.5. The second kappa shape index (κ2) is 7.09. The van der Waals surface area contributed by atoms with Gasteiger partial charge in [-0.15, -0.1) is 11.8 Å². The Bertz CT molecular complexity index is 496. The first kappa shape index (κ1) is 15.3. The standard InChI is InChI=1S/C14H18ClNO3S/c1-3-4-16-14(17)9(2)20-7-10-5-11(15)13-12(6-10)18-8-19-13/h5-6,9H,3-4,7-8H2,1-2H3,(H,16,17)/t9-/m0/s1. The molecule has 0 unspecified atom stereocenters. The van der Waals surface area contributed by atoms with Gasteiger partial charge in [-0.3, -0.25) is 4.79 Å². The van der Waals surface area contributed by atoms with Crippen LogP contribution in [-0.2, 0) is 10.5 Å². The fraction of sp³-hybridized carbons (Fsp3) is 0.500. The van der Waals surface area contributed by atoms with Gasteiger partial charge >= 0.3 is 0 Å². The normalized spacial score (nSPS) is 14.2. The van der Waals surface area contributed by atoms with E-state index in [0.717, 1.165) is 18.5 Å². The topological polar surface area (TPSA) is 47.6 Å². The minimum absolute atomic E-state index is 0.0729. The molecular weight excluding hydrogens is 298 g/mol. The Morgan fingerprint density at radius 1 is 1.50 bits per heavy atom. The van der Waals surface area contributed by atoms with Gasteiger partial charge in [0.15, 0.2) is 11.5 Å². The van der Waals surface area contributed by atoms with Crippen molar-refractivity contribution in [1.82, 2.24) is 5.32 Å². The third-order valence-corrected chi connectivity index (χ3v) is 4.40. The molecule has 110 valence electrons. The van der Waals surface area contributed by atoms with Gasteiger partial charge in [-0.1, -0.05) is 18.5 Å². The average molecular weight is 316 g/mol. The molecule has 20 heavy (non-hydrogen) atoms. The van der Waals surface area contributed by atoms with E-state index >= 15 is 0 Å². The third kappa shape index (κ3) is 3.73. The zero-order valence-electron chi connectivity index (χ0n) is 11.6. The SMILES string of the molecule is CCCNC(=O)[C@H](C)SCc1cc(Cl)c2c(c1)OCO2. The summed E-state index contributed by atoms with van der Waals surface area (Å²) in [6.45, 7) is 4.87. The number of nitrogens with one attached hydrogen (secondary N) is 1. The van der Waals surface area contributed by atoms with Crippen molar-refractivity contribution < 1.29 is 14.3 Å². The van der Waals surface area contributed by atoms with Crippen LogP contribution in [0.15, 0.2) is 12.1 Å². The van der Waals surface area contributed by atoms with E-state index in [1.807, 2.05) is 26.0 Å². The van der Waals surface area contributed by atoms with E-state index in [9.17, 15) is 4.79 Å². The van der Waals surface area contributed by atoms with E-state index in [1.54, 1.807) is 11.8 Å². The summed E-state index contributed by atoms with van der Waals surface area (Å²) in [6, 6.07) is 3.77. The molecule has 0 aliphatic carbocycles. The first-order chi connectivity index (χ1) is 9.61. The zero-order chi connectivity index (χ0) is 14.5. The molecule has 4 nitrogen and oxygen atoms in total. The number of ether oxygens (including phenoxy) is 2. The van der Waals surface area contributed by atoms with E-state index < -0.39 is 0 Å². The second-order valence-electron chi connectivity index (χ2n) is 4.56. The Morgan fingerprint density at radius 3 is 3.05 bits per heavy atom. The molecule has 1 aliphatic rings. The average Bonchev–Trinajstić information content (AvgIpc) is 2.91. The highest BCUT2D eigenvalue weighted by Crippen LogP contribution is 2.40. The molecule has 2 rings (SSSR count). The van der Waals surface area contributed by atoms with Gasteiger partial charge in [-0.25, -0.2) is 0 Å². The number of hydrogen-bond acceptors (Lipinski definition) is 4.